The molecule has 0 saturated carbocycles. The number of aryl methyl sites for hydroxylation is 1. The van der Waals surface area contributed by atoms with Crippen LogP contribution in [-0.4, -0.2) is 19.5 Å². The lowest BCUT2D eigenvalue weighted by Gasteiger charge is -2.11. The van der Waals surface area contributed by atoms with E-state index in [0.29, 0.717) is 23.4 Å². The first kappa shape index (κ1) is 15.0. The fraction of sp³-hybridized carbons (Fsp3) is 0.231. The lowest BCUT2D eigenvalue weighted by Crippen LogP contribution is -2.34. The van der Waals surface area contributed by atoms with E-state index in [1.165, 1.54) is 6.20 Å². The van der Waals surface area contributed by atoms with E-state index in [2.05, 4.69) is 30.9 Å². The molecule has 3 aromatic heterocycles. The van der Waals surface area contributed by atoms with E-state index in [1.807, 2.05) is 13.8 Å². The van der Waals surface area contributed by atoms with Gasteiger partial charge in [-0.1, -0.05) is 11.6 Å². The van der Waals surface area contributed by atoms with Gasteiger partial charge in [-0.15, -0.1) is 0 Å². The molecule has 3 rings (SSSR count). The van der Waals surface area contributed by atoms with Crippen molar-refractivity contribution in [2.75, 3.05) is 5.73 Å². The summed E-state index contributed by atoms with van der Waals surface area (Å²) in [7, 11) is 0. The Morgan fingerprint density at radius 2 is 2.14 bits per heavy atom. The number of hydrogen-bond acceptors (Lipinski definition) is 5. The van der Waals surface area contributed by atoms with E-state index in [9.17, 15) is 5.21 Å². The maximum atomic E-state index is 12.2. The number of nitrogen functional groups attached to an aromatic ring is 1. The molecule has 0 aliphatic heterocycles. The van der Waals surface area contributed by atoms with Crippen molar-refractivity contribution < 1.29 is 4.73 Å². The smallest absolute Gasteiger partial charge is 0.223 e. The molecule has 0 aliphatic carbocycles. The van der Waals surface area contributed by atoms with Crippen LogP contribution in [-0.2, 0) is 6.54 Å². The Morgan fingerprint density at radius 3 is 2.86 bits per heavy atom. The molecule has 0 bridgehead atoms. The monoisotopic (exact) mass is 382 g/mol. The fourth-order valence-electron chi connectivity index (χ4n) is 2.29. The number of halogens is 2. The molecule has 0 atom stereocenters. The lowest BCUT2D eigenvalue weighted by atomic mass is 10.1. The summed E-state index contributed by atoms with van der Waals surface area (Å²) >= 11 is 9.50. The normalized spacial score (nSPS) is 11.3. The van der Waals surface area contributed by atoms with Crippen molar-refractivity contribution in [2.45, 2.75) is 20.4 Å². The van der Waals surface area contributed by atoms with Crippen molar-refractivity contribution in [2.24, 2.45) is 0 Å². The summed E-state index contributed by atoms with van der Waals surface area (Å²) < 4.78 is 3.48. The standard InChI is InChI=1S/C13H12BrClN6O/c1-6-3-21(22)8(7(2)9(6)14)4-20-5-17-10-11(15)18-13(16)19-12(10)20/h3,5H,4H2,1-2H3,(H2,16,18,19). The molecule has 3 heterocycles. The highest BCUT2D eigenvalue weighted by Crippen LogP contribution is 2.24. The predicted octanol–water partition coefficient (Wildman–Crippen LogP) is 2.12. The van der Waals surface area contributed by atoms with Gasteiger partial charge in [-0.2, -0.15) is 14.7 Å². The minimum absolute atomic E-state index is 0.0658. The summed E-state index contributed by atoms with van der Waals surface area (Å²) in [6.45, 7) is 4.06. The van der Waals surface area contributed by atoms with Crippen LogP contribution in [0.3, 0.4) is 0 Å². The fourth-order valence-corrected chi connectivity index (χ4v) is 2.84. The zero-order chi connectivity index (χ0) is 16.0. The Labute approximate surface area is 139 Å². The van der Waals surface area contributed by atoms with E-state index in [1.54, 1.807) is 10.9 Å². The molecule has 0 aromatic carbocycles. The molecule has 0 saturated heterocycles. The SMILES string of the molecule is Cc1c[n+]([O-])c(Cn2cnc3c(Cl)nc(N)nc32)c(C)c1Br. The lowest BCUT2D eigenvalue weighted by molar-refractivity contribution is -0.615. The molecular weight excluding hydrogens is 372 g/mol. The number of nitrogens with two attached hydrogens (primary N) is 1. The molecule has 0 unspecified atom stereocenters. The van der Waals surface area contributed by atoms with Gasteiger partial charge >= 0.3 is 0 Å². The van der Waals surface area contributed by atoms with Crippen LogP contribution in [0, 0.1) is 19.1 Å². The molecule has 0 radical (unpaired) electrons. The molecule has 7 nitrogen and oxygen atoms in total. The molecule has 0 aliphatic rings. The molecule has 114 valence electrons. The number of fused-ring (bicyclic) bond motifs is 1. The first-order valence-corrected chi connectivity index (χ1v) is 7.57. The van der Waals surface area contributed by atoms with Gasteiger partial charge in [-0.3, -0.25) is 0 Å². The minimum atomic E-state index is 0.0658. The van der Waals surface area contributed by atoms with Gasteiger partial charge in [0.25, 0.3) is 0 Å². The van der Waals surface area contributed by atoms with Crippen LogP contribution in [0.15, 0.2) is 17.0 Å². The second-order valence-corrected chi connectivity index (χ2v) is 6.09. The molecule has 0 amide bonds. The zero-order valence-corrected chi connectivity index (χ0v) is 14.2. The van der Waals surface area contributed by atoms with E-state index >= 15 is 0 Å². The Morgan fingerprint density at radius 1 is 1.41 bits per heavy atom. The Hall–Kier alpha value is -1.93. The Balaban J connectivity index is 2.14. The van der Waals surface area contributed by atoms with Crippen molar-refractivity contribution in [3.63, 3.8) is 0 Å². The third-order valence-corrected chi connectivity index (χ3v) is 4.93. The number of imidazole rings is 1. The van der Waals surface area contributed by atoms with Gasteiger partial charge < -0.3 is 15.5 Å². The molecule has 2 N–H and O–H groups in total. The summed E-state index contributed by atoms with van der Waals surface area (Å²) in [5.41, 5.74) is 8.91. The Kier molecular flexibility index (Phi) is 3.65. The van der Waals surface area contributed by atoms with Gasteiger partial charge in [-0.05, 0) is 29.8 Å². The van der Waals surface area contributed by atoms with E-state index in [4.69, 9.17) is 17.3 Å². The highest BCUT2D eigenvalue weighted by Gasteiger charge is 2.18. The maximum absolute atomic E-state index is 12.2. The first-order valence-electron chi connectivity index (χ1n) is 6.40. The molecular formula is C13H12BrClN6O. The van der Waals surface area contributed by atoms with Crippen molar-refractivity contribution in [1.29, 1.82) is 0 Å². The minimum Gasteiger partial charge on any atom is -0.618 e. The van der Waals surface area contributed by atoms with Gasteiger partial charge in [0.05, 0.1) is 6.33 Å². The molecule has 22 heavy (non-hydrogen) atoms. The van der Waals surface area contributed by atoms with Gasteiger partial charge in [0.2, 0.25) is 11.6 Å². The van der Waals surface area contributed by atoms with Crippen LogP contribution in [0.1, 0.15) is 16.8 Å². The number of anilines is 1. The number of nitrogens with zero attached hydrogens (tertiary/aromatic N) is 5. The predicted molar refractivity (Wildman–Crippen MR) is 86.4 cm³/mol. The molecule has 9 heteroatoms. The second kappa shape index (κ2) is 5.36. The third kappa shape index (κ3) is 2.38. The van der Waals surface area contributed by atoms with Crippen molar-refractivity contribution >= 4 is 44.6 Å². The largest absolute Gasteiger partial charge is 0.618 e. The number of aromatic nitrogens is 5. The summed E-state index contributed by atoms with van der Waals surface area (Å²) in [6.07, 6.45) is 3.10. The average molecular weight is 384 g/mol. The quantitative estimate of drug-likeness (QED) is 0.415. The summed E-state index contributed by atoms with van der Waals surface area (Å²) in [6, 6.07) is 0. The van der Waals surface area contributed by atoms with Crippen LogP contribution in [0.4, 0.5) is 5.95 Å². The zero-order valence-electron chi connectivity index (χ0n) is 11.8. The highest BCUT2D eigenvalue weighted by molar-refractivity contribution is 9.10. The Bertz CT molecular complexity index is 894. The number of rotatable bonds is 2. The van der Waals surface area contributed by atoms with Gasteiger partial charge in [0, 0.05) is 15.6 Å². The van der Waals surface area contributed by atoms with E-state index in [0.717, 1.165) is 20.3 Å². The van der Waals surface area contributed by atoms with Crippen LogP contribution < -0.4 is 10.5 Å². The van der Waals surface area contributed by atoms with E-state index < -0.39 is 0 Å². The van der Waals surface area contributed by atoms with Crippen LogP contribution in [0.5, 0.6) is 0 Å². The van der Waals surface area contributed by atoms with Gasteiger partial charge in [0.15, 0.2) is 17.0 Å². The highest BCUT2D eigenvalue weighted by atomic mass is 79.9. The van der Waals surface area contributed by atoms with Gasteiger partial charge in [-0.25, -0.2) is 4.98 Å². The average Bonchev–Trinajstić information content (AvgIpc) is 2.84. The number of hydrogen-bond donors (Lipinski definition) is 1. The first-order chi connectivity index (χ1) is 10.4. The maximum Gasteiger partial charge on any atom is 0.223 e. The van der Waals surface area contributed by atoms with Crippen molar-refractivity contribution in [1.82, 2.24) is 19.5 Å². The summed E-state index contributed by atoms with van der Waals surface area (Å²) in [4.78, 5) is 12.2. The van der Waals surface area contributed by atoms with Crippen molar-refractivity contribution in [3.05, 3.63) is 44.2 Å². The molecule has 0 spiro atoms. The van der Waals surface area contributed by atoms with Gasteiger partial charge in [0.1, 0.15) is 12.1 Å². The van der Waals surface area contributed by atoms with E-state index in [-0.39, 0.29) is 11.1 Å². The topological polar surface area (TPSA) is 96.6 Å². The van der Waals surface area contributed by atoms with Crippen molar-refractivity contribution in [3.8, 4) is 0 Å². The van der Waals surface area contributed by atoms with Crippen LogP contribution in [0.2, 0.25) is 5.15 Å². The number of pyridine rings is 1. The molecule has 0 fully saturated rings. The second-order valence-electron chi connectivity index (χ2n) is 4.94. The molecule has 3 aromatic rings. The van der Waals surface area contributed by atoms with Crippen LogP contribution >= 0.6 is 27.5 Å². The third-order valence-electron chi connectivity index (χ3n) is 3.44. The summed E-state index contributed by atoms with van der Waals surface area (Å²) in [5, 5.41) is 12.4. The van der Waals surface area contributed by atoms with Crippen LogP contribution in [0.25, 0.3) is 11.2 Å². The summed E-state index contributed by atoms with van der Waals surface area (Å²) in [5.74, 6) is 0.0658.